The molecule has 0 aliphatic rings. The van der Waals surface area contributed by atoms with Gasteiger partial charge in [0, 0.05) is 20.7 Å². The van der Waals surface area contributed by atoms with E-state index in [2.05, 4.69) is 5.32 Å². The summed E-state index contributed by atoms with van der Waals surface area (Å²) < 4.78 is 31.7. The van der Waals surface area contributed by atoms with Gasteiger partial charge >= 0.3 is 0 Å². The van der Waals surface area contributed by atoms with Gasteiger partial charge in [-0.05, 0) is 31.2 Å². The molecule has 0 atom stereocenters. The lowest BCUT2D eigenvalue weighted by molar-refractivity contribution is 0.0938. The first-order valence-electron chi connectivity index (χ1n) is 7.79. The maximum Gasteiger partial charge on any atom is 0.264 e. The van der Waals surface area contributed by atoms with Gasteiger partial charge in [0.1, 0.15) is 0 Å². The first-order valence-corrected chi connectivity index (χ1v) is 9.23. The van der Waals surface area contributed by atoms with Crippen molar-refractivity contribution in [3.63, 3.8) is 0 Å². The van der Waals surface area contributed by atoms with E-state index < -0.39 is 10.0 Å². The van der Waals surface area contributed by atoms with E-state index in [4.69, 9.17) is 4.74 Å². The summed E-state index contributed by atoms with van der Waals surface area (Å²) >= 11 is 0. The molecule has 0 aromatic heterocycles. The van der Waals surface area contributed by atoms with E-state index in [1.54, 1.807) is 55.6 Å². The lowest BCUT2D eigenvalue weighted by Crippen LogP contribution is -2.32. The highest BCUT2D eigenvalue weighted by Crippen LogP contribution is 2.25. The summed E-state index contributed by atoms with van der Waals surface area (Å²) in [5.74, 6) is -0.349. The number of hydrogen-bond acceptors (Lipinski definition) is 4. The maximum atomic E-state index is 12.9. The first-order chi connectivity index (χ1) is 11.9. The third-order valence-corrected chi connectivity index (χ3v) is 5.54. The van der Waals surface area contributed by atoms with Crippen LogP contribution >= 0.6 is 0 Å². The van der Waals surface area contributed by atoms with E-state index in [1.807, 2.05) is 6.92 Å². The van der Waals surface area contributed by atoms with Crippen molar-refractivity contribution < 1.29 is 17.9 Å². The smallest absolute Gasteiger partial charge is 0.264 e. The van der Waals surface area contributed by atoms with Crippen LogP contribution in [0.3, 0.4) is 0 Å². The van der Waals surface area contributed by atoms with Gasteiger partial charge < -0.3 is 10.1 Å². The van der Waals surface area contributed by atoms with Crippen molar-refractivity contribution >= 4 is 21.6 Å². The zero-order chi connectivity index (χ0) is 18.4. The summed E-state index contributed by atoms with van der Waals surface area (Å²) in [6.07, 6.45) is 0. The van der Waals surface area contributed by atoms with Gasteiger partial charge in [-0.15, -0.1) is 0 Å². The topological polar surface area (TPSA) is 75.7 Å². The molecule has 25 heavy (non-hydrogen) atoms. The molecule has 0 saturated carbocycles. The predicted molar refractivity (Wildman–Crippen MR) is 97.4 cm³/mol. The summed E-state index contributed by atoms with van der Waals surface area (Å²) in [6.45, 7) is 2.61. The van der Waals surface area contributed by atoms with Gasteiger partial charge in [0.05, 0.1) is 22.8 Å². The second-order valence-electron chi connectivity index (χ2n) is 5.55. The second kappa shape index (κ2) is 8.13. The molecule has 0 aliphatic heterocycles. The largest absolute Gasteiger partial charge is 0.383 e. The lowest BCUT2D eigenvalue weighted by atomic mass is 10.1. The standard InChI is InChI=1S/C18H22N2O4S/c1-14-8-10-15(11-9-14)25(22,23)20(2)17-7-5-4-6-16(17)18(21)19-12-13-24-3/h4-11H,12-13H2,1-3H3,(H,19,21). The minimum Gasteiger partial charge on any atom is -0.383 e. The number of anilines is 1. The highest BCUT2D eigenvalue weighted by atomic mass is 32.2. The Bertz CT molecular complexity index is 832. The van der Waals surface area contributed by atoms with E-state index in [9.17, 15) is 13.2 Å². The molecule has 2 aromatic rings. The van der Waals surface area contributed by atoms with Gasteiger partial charge in [0.2, 0.25) is 0 Å². The Morgan fingerprint density at radius 3 is 2.40 bits per heavy atom. The average molecular weight is 362 g/mol. The van der Waals surface area contributed by atoms with Gasteiger partial charge in [0.15, 0.2) is 0 Å². The zero-order valence-corrected chi connectivity index (χ0v) is 15.3. The number of carbonyl (C=O) groups is 1. The van der Waals surface area contributed by atoms with Crippen LogP contribution in [0.15, 0.2) is 53.4 Å². The van der Waals surface area contributed by atoms with Crippen LogP contribution in [-0.4, -0.2) is 41.6 Å². The van der Waals surface area contributed by atoms with Crippen molar-refractivity contribution in [2.24, 2.45) is 0 Å². The first kappa shape index (κ1) is 19.0. The van der Waals surface area contributed by atoms with Gasteiger partial charge in [-0.2, -0.15) is 0 Å². The number of hydrogen-bond donors (Lipinski definition) is 1. The number of nitrogens with zero attached hydrogens (tertiary/aromatic N) is 1. The Morgan fingerprint density at radius 2 is 1.76 bits per heavy atom. The predicted octanol–water partition coefficient (Wildman–Crippen LogP) is 2.20. The van der Waals surface area contributed by atoms with Crippen molar-refractivity contribution in [2.45, 2.75) is 11.8 Å². The summed E-state index contributed by atoms with van der Waals surface area (Å²) in [6, 6.07) is 13.2. The number of aryl methyl sites for hydroxylation is 1. The van der Waals surface area contributed by atoms with Crippen LogP contribution in [0.1, 0.15) is 15.9 Å². The molecule has 0 saturated heterocycles. The molecule has 0 radical (unpaired) electrons. The third kappa shape index (κ3) is 4.37. The Kier molecular flexibility index (Phi) is 6.17. The molecule has 0 bridgehead atoms. The molecule has 0 fully saturated rings. The molecule has 0 unspecified atom stereocenters. The molecule has 0 spiro atoms. The molecular weight excluding hydrogens is 340 g/mol. The van der Waals surface area contributed by atoms with Crippen LogP contribution < -0.4 is 9.62 Å². The van der Waals surface area contributed by atoms with E-state index in [0.29, 0.717) is 18.8 Å². The highest BCUT2D eigenvalue weighted by molar-refractivity contribution is 7.92. The van der Waals surface area contributed by atoms with Crippen LogP contribution in [0, 0.1) is 6.92 Å². The van der Waals surface area contributed by atoms with Crippen molar-refractivity contribution in [1.29, 1.82) is 0 Å². The van der Waals surface area contributed by atoms with Gasteiger partial charge in [0.25, 0.3) is 15.9 Å². The van der Waals surface area contributed by atoms with Gasteiger partial charge in [-0.25, -0.2) is 8.42 Å². The molecule has 0 heterocycles. The summed E-state index contributed by atoms with van der Waals surface area (Å²) in [4.78, 5) is 12.5. The molecule has 134 valence electrons. The van der Waals surface area contributed by atoms with Crippen LogP contribution in [0.2, 0.25) is 0 Å². The number of methoxy groups -OCH3 is 1. The second-order valence-corrected chi connectivity index (χ2v) is 7.52. The summed E-state index contributed by atoms with van der Waals surface area (Å²) in [5, 5.41) is 2.71. The van der Waals surface area contributed by atoms with Crippen molar-refractivity contribution in [3.05, 3.63) is 59.7 Å². The molecule has 1 N–H and O–H groups in total. The number of ether oxygens (including phenoxy) is 1. The van der Waals surface area contributed by atoms with Gasteiger partial charge in [-0.1, -0.05) is 29.8 Å². The fourth-order valence-electron chi connectivity index (χ4n) is 2.30. The lowest BCUT2D eigenvalue weighted by Gasteiger charge is -2.22. The van der Waals surface area contributed by atoms with Crippen LogP contribution in [0.4, 0.5) is 5.69 Å². The van der Waals surface area contributed by atoms with E-state index >= 15 is 0 Å². The third-order valence-electron chi connectivity index (χ3n) is 3.76. The van der Waals surface area contributed by atoms with Crippen molar-refractivity contribution in [3.8, 4) is 0 Å². The summed E-state index contributed by atoms with van der Waals surface area (Å²) in [5.41, 5.74) is 1.58. The van der Waals surface area contributed by atoms with Crippen LogP contribution in [-0.2, 0) is 14.8 Å². The van der Waals surface area contributed by atoms with E-state index in [1.165, 1.54) is 7.05 Å². The molecule has 1 amide bonds. The fraction of sp³-hybridized carbons (Fsp3) is 0.278. The molecule has 7 heteroatoms. The van der Waals surface area contributed by atoms with E-state index in [0.717, 1.165) is 9.87 Å². The van der Waals surface area contributed by atoms with E-state index in [-0.39, 0.29) is 16.4 Å². The molecule has 2 aromatic carbocycles. The Hall–Kier alpha value is -2.38. The number of amides is 1. The number of para-hydroxylation sites is 1. The van der Waals surface area contributed by atoms with Crippen molar-refractivity contribution in [2.75, 3.05) is 31.6 Å². The number of carbonyl (C=O) groups excluding carboxylic acids is 1. The number of rotatable bonds is 7. The number of benzene rings is 2. The zero-order valence-electron chi connectivity index (χ0n) is 14.5. The van der Waals surface area contributed by atoms with Gasteiger partial charge in [-0.3, -0.25) is 9.10 Å². The molecular formula is C18H22N2O4S. The fourth-order valence-corrected chi connectivity index (χ4v) is 3.51. The Labute approximate surface area is 148 Å². The number of sulfonamides is 1. The number of nitrogens with one attached hydrogen (secondary N) is 1. The average Bonchev–Trinajstić information content (AvgIpc) is 2.61. The highest BCUT2D eigenvalue weighted by Gasteiger charge is 2.24. The SMILES string of the molecule is COCCNC(=O)c1ccccc1N(C)S(=O)(=O)c1ccc(C)cc1. The minimum absolute atomic E-state index is 0.176. The normalized spacial score (nSPS) is 11.2. The maximum absolute atomic E-state index is 12.9. The van der Waals surface area contributed by atoms with Crippen LogP contribution in [0.25, 0.3) is 0 Å². The van der Waals surface area contributed by atoms with Crippen molar-refractivity contribution in [1.82, 2.24) is 5.32 Å². The molecule has 2 rings (SSSR count). The molecule has 6 nitrogen and oxygen atoms in total. The summed E-state index contributed by atoms with van der Waals surface area (Å²) in [7, 11) is -0.777. The molecule has 0 aliphatic carbocycles. The monoisotopic (exact) mass is 362 g/mol. The minimum atomic E-state index is -3.76. The Morgan fingerprint density at radius 1 is 1.12 bits per heavy atom. The quantitative estimate of drug-likeness (QED) is 0.766. The Balaban J connectivity index is 2.34. The van der Waals surface area contributed by atoms with Crippen LogP contribution in [0.5, 0.6) is 0 Å².